The number of nitrogens with one attached hydrogen (secondary N) is 1. The van der Waals surface area contributed by atoms with Crippen molar-refractivity contribution in [1.82, 2.24) is 4.98 Å². The van der Waals surface area contributed by atoms with Crippen LogP contribution in [-0.2, 0) is 0 Å². The van der Waals surface area contributed by atoms with Crippen LogP contribution in [0.15, 0.2) is 47.2 Å². The molecule has 3 heterocycles. The summed E-state index contributed by atoms with van der Waals surface area (Å²) < 4.78 is 0. The predicted molar refractivity (Wildman–Crippen MR) is 119 cm³/mol. The summed E-state index contributed by atoms with van der Waals surface area (Å²) in [7, 11) is 3.93. The average molecular weight is 400 g/mol. The van der Waals surface area contributed by atoms with Crippen molar-refractivity contribution in [2.24, 2.45) is 9.98 Å². The number of fused-ring (bicyclic) bond motifs is 1. The van der Waals surface area contributed by atoms with E-state index in [4.69, 9.17) is 0 Å². The second kappa shape index (κ2) is 8.49. The first kappa shape index (κ1) is 19.3. The fourth-order valence-corrected chi connectivity index (χ4v) is 4.73. The van der Waals surface area contributed by atoms with Gasteiger partial charge in [-0.3, -0.25) is 9.79 Å². The number of aldehydes is 1. The molecule has 2 aromatic rings. The van der Waals surface area contributed by atoms with Gasteiger partial charge in [0, 0.05) is 26.5 Å². The molecule has 2 aromatic heterocycles. The highest BCUT2D eigenvalue weighted by molar-refractivity contribution is 8.14. The van der Waals surface area contributed by atoms with Crippen molar-refractivity contribution in [3.05, 3.63) is 42.1 Å². The van der Waals surface area contributed by atoms with Crippen molar-refractivity contribution in [3.63, 3.8) is 0 Å². The van der Waals surface area contributed by atoms with Gasteiger partial charge in [-0.2, -0.15) is 0 Å². The Hall–Kier alpha value is -2.45. The van der Waals surface area contributed by atoms with Gasteiger partial charge in [-0.05, 0) is 19.1 Å². The van der Waals surface area contributed by atoms with E-state index in [1.165, 1.54) is 11.3 Å². The molecular weight excluding hydrogens is 378 g/mol. The summed E-state index contributed by atoms with van der Waals surface area (Å²) in [6.45, 7) is 5.85. The minimum atomic E-state index is 0.0571. The van der Waals surface area contributed by atoms with Crippen molar-refractivity contribution in [2.45, 2.75) is 18.2 Å². The minimum absolute atomic E-state index is 0.0571. The third-order valence-corrected chi connectivity index (χ3v) is 6.26. The molecule has 8 heteroatoms. The topological polar surface area (TPSA) is 70.0 Å². The Labute approximate surface area is 166 Å². The number of carbonyl (C=O) groups excluding carboxylic acids is 1. The van der Waals surface area contributed by atoms with E-state index < -0.39 is 0 Å². The third kappa shape index (κ3) is 4.12. The van der Waals surface area contributed by atoms with Gasteiger partial charge < -0.3 is 10.2 Å². The van der Waals surface area contributed by atoms with Crippen LogP contribution in [0, 0.1) is 0 Å². The molecule has 1 aliphatic rings. The number of hydrogen-bond donors (Lipinski definition) is 1. The number of rotatable bonds is 7. The van der Waals surface area contributed by atoms with Gasteiger partial charge in [0.15, 0.2) is 6.29 Å². The van der Waals surface area contributed by atoms with Crippen molar-refractivity contribution >= 4 is 62.4 Å². The number of pyridine rings is 1. The number of aliphatic imine (C=N–C) groups is 2. The van der Waals surface area contributed by atoms with Gasteiger partial charge in [0.25, 0.3) is 0 Å². The van der Waals surface area contributed by atoms with Crippen molar-refractivity contribution < 1.29 is 4.79 Å². The summed E-state index contributed by atoms with van der Waals surface area (Å²) >= 11 is 3.07. The second-order valence-corrected chi connectivity index (χ2v) is 8.49. The zero-order valence-corrected chi connectivity index (χ0v) is 17.0. The predicted octanol–water partition coefficient (Wildman–Crippen LogP) is 4.22. The first-order valence-corrected chi connectivity index (χ1v) is 10.1. The molecule has 140 valence electrons. The fraction of sp³-hybridized carbons (Fsp3) is 0.263. The minimum Gasteiger partial charge on any atom is -0.377 e. The number of aromatic nitrogens is 1. The molecular formula is C19H21N5OS2. The first-order valence-electron chi connectivity index (χ1n) is 8.37. The smallest absolute Gasteiger partial charge is 0.162 e. The summed E-state index contributed by atoms with van der Waals surface area (Å²) in [5.74, 6) is 0. The van der Waals surface area contributed by atoms with Crippen LogP contribution < -0.4 is 10.2 Å². The Bertz CT molecular complexity index is 945. The monoisotopic (exact) mass is 399 g/mol. The Balaban J connectivity index is 1.80. The zero-order valence-electron chi connectivity index (χ0n) is 15.4. The Morgan fingerprint density at radius 1 is 1.41 bits per heavy atom. The van der Waals surface area contributed by atoms with Crippen LogP contribution in [0.2, 0.25) is 0 Å². The van der Waals surface area contributed by atoms with Gasteiger partial charge in [-0.15, -0.1) is 29.7 Å². The van der Waals surface area contributed by atoms with Crippen molar-refractivity contribution in [3.8, 4) is 0 Å². The van der Waals surface area contributed by atoms with Crippen LogP contribution >= 0.6 is 23.1 Å². The summed E-state index contributed by atoms with van der Waals surface area (Å²) in [5, 5.41) is 5.38. The van der Waals surface area contributed by atoms with Crippen LogP contribution in [0.4, 0.5) is 11.4 Å². The van der Waals surface area contributed by atoms with E-state index in [9.17, 15) is 4.79 Å². The standard InChI is InChI=1S/C19H21N5OS2/c1-5-15-13(23-12(2)26-15)6-8-20-11-22-18-16(10-25)27-19-17(18)14(24(3)4)7-9-21-19/h5-11,13,15H,1H2,2-4H3,(H,20,22)/b8-6+. The number of thiophene rings is 1. The molecule has 0 spiro atoms. The maximum atomic E-state index is 11.5. The average Bonchev–Trinajstić information content (AvgIpc) is 3.20. The molecule has 0 radical (unpaired) electrons. The van der Waals surface area contributed by atoms with E-state index in [0.29, 0.717) is 4.88 Å². The van der Waals surface area contributed by atoms with Crippen LogP contribution in [0.1, 0.15) is 16.6 Å². The Morgan fingerprint density at radius 2 is 2.22 bits per heavy atom. The lowest BCUT2D eigenvalue weighted by atomic mass is 10.2. The summed E-state index contributed by atoms with van der Waals surface area (Å²) in [5.41, 5.74) is 1.73. The summed E-state index contributed by atoms with van der Waals surface area (Å²) in [4.78, 5) is 28.1. The highest BCUT2D eigenvalue weighted by Crippen LogP contribution is 2.38. The molecule has 2 atom stereocenters. The number of anilines is 2. The molecule has 2 unspecified atom stereocenters. The number of hydrogen-bond acceptors (Lipinski definition) is 7. The summed E-state index contributed by atoms with van der Waals surface area (Å²) in [6.07, 6.45) is 9.76. The zero-order chi connectivity index (χ0) is 19.4. The fourth-order valence-electron chi connectivity index (χ4n) is 2.83. The van der Waals surface area contributed by atoms with E-state index in [0.717, 1.165) is 32.9 Å². The van der Waals surface area contributed by atoms with E-state index in [2.05, 4.69) is 26.9 Å². The highest BCUT2D eigenvalue weighted by Gasteiger charge is 2.23. The van der Waals surface area contributed by atoms with Gasteiger partial charge in [0.2, 0.25) is 0 Å². The van der Waals surface area contributed by atoms with E-state index in [-0.39, 0.29) is 11.3 Å². The van der Waals surface area contributed by atoms with Crippen LogP contribution in [0.3, 0.4) is 0 Å². The SMILES string of the molecule is C=CC1SC(C)=NC1/C=C/N=CNc1c(C=O)sc2nccc(N(C)C)c12. The molecule has 1 aliphatic heterocycles. The largest absolute Gasteiger partial charge is 0.377 e. The molecule has 0 saturated carbocycles. The second-order valence-electron chi connectivity index (χ2n) is 6.08. The van der Waals surface area contributed by atoms with E-state index >= 15 is 0 Å². The lowest BCUT2D eigenvalue weighted by Crippen LogP contribution is -2.11. The molecule has 27 heavy (non-hydrogen) atoms. The van der Waals surface area contributed by atoms with Crippen LogP contribution in [0.25, 0.3) is 10.2 Å². The summed E-state index contributed by atoms with van der Waals surface area (Å²) in [6, 6.07) is 1.99. The number of carbonyl (C=O) groups is 1. The van der Waals surface area contributed by atoms with E-state index in [1.807, 2.05) is 44.1 Å². The normalized spacial score (nSPS) is 19.7. The van der Waals surface area contributed by atoms with Crippen LogP contribution in [-0.4, -0.2) is 48.0 Å². The number of nitrogens with zero attached hydrogens (tertiary/aromatic N) is 4. The molecule has 1 N–H and O–H groups in total. The van der Waals surface area contributed by atoms with Gasteiger partial charge >= 0.3 is 0 Å². The molecule has 0 bridgehead atoms. The first-order chi connectivity index (χ1) is 13.0. The molecule has 0 aromatic carbocycles. The molecule has 6 nitrogen and oxygen atoms in total. The quantitative estimate of drug-likeness (QED) is 0.327. The molecule has 0 saturated heterocycles. The molecule has 0 amide bonds. The Kier molecular flexibility index (Phi) is 6.08. The van der Waals surface area contributed by atoms with Gasteiger partial charge in [-0.25, -0.2) is 9.98 Å². The van der Waals surface area contributed by atoms with Gasteiger partial charge in [0.1, 0.15) is 4.83 Å². The third-order valence-electron chi connectivity index (χ3n) is 4.05. The number of thioether (sulfide) groups is 1. The van der Waals surface area contributed by atoms with Crippen LogP contribution in [0.5, 0.6) is 0 Å². The van der Waals surface area contributed by atoms with Crippen molar-refractivity contribution in [1.29, 1.82) is 0 Å². The highest BCUT2D eigenvalue weighted by atomic mass is 32.2. The molecule has 3 rings (SSSR count). The van der Waals surface area contributed by atoms with Crippen molar-refractivity contribution in [2.75, 3.05) is 24.3 Å². The van der Waals surface area contributed by atoms with Gasteiger partial charge in [-0.1, -0.05) is 6.08 Å². The lowest BCUT2D eigenvalue weighted by molar-refractivity contribution is 0.112. The molecule has 0 aliphatic carbocycles. The maximum Gasteiger partial charge on any atom is 0.162 e. The van der Waals surface area contributed by atoms with E-state index in [1.54, 1.807) is 30.5 Å². The van der Waals surface area contributed by atoms with Gasteiger partial charge in [0.05, 0.1) is 44.3 Å². The maximum absolute atomic E-state index is 11.5. The molecule has 0 fully saturated rings. The Morgan fingerprint density at radius 3 is 2.93 bits per heavy atom. The lowest BCUT2D eigenvalue weighted by Gasteiger charge is -2.14.